The van der Waals surface area contributed by atoms with Gasteiger partial charge in [0, 0.05) is 0 Å². The number of hydrogen-bond donors (Lipinski definition) is 1. The maximum atomic E-state index is 13.5. The van der Waals surface area contributed by atoms with E-state index in [0.29, 0.717) is 25.0 Å². The Morgan fingerprint density at radius 2 is 1.50 bits per heavy atom. The van der Waals surface area contributed by atoms with Crippen molar-refractivity contribution in [2.24, 2.45) is 0 Å². The van der Waals surface area contributed by atoms with Crippen LogP contribution in [0, 0.1) is 0 Å². The summed E-state index contributed by atoms with van der Waals surface area (Å²) in [5, 5.41) is 7.17. The number of halogens is 7. The first kappa shape index (κ1) is 20.9. The van der Waals surface area contributed by atoms with E-state index in [-0.39, 0.29) is 12.8 Å². The normalized spacial score (nSPS) is 18.0. The lowest BCUT2D eigenvalue weighted by Gasteiger charge is -2.29. The molecular weight excluding hydrogens is 386 g/mol. The summed E-state index contributed by atoms with van der Waals surface area (Å²) in [6.07, 6.45) is -8.13. The van der Waals surface area contributed by atoms with Crippen LogP contribution in [0.2, 0.25) is 0 Å². The molecule has 0 aromatic heterocycles. The van der Waals surface area contributed by atoms with Crippen LogP contribution in [-0.2, 0) is 23.6 Å². The highest BCUT2D eigenvalue weighted by Crippen LogP contribution is 2.47. The Kier molecular flexibility index (Phi) is 6.15. The van der Waals surface area contributed by atoms with Gasteiger partial charge in [0.15, 0.2) is 0 Å². The number of carbonyl (C=O) groups is 1. The molecule has 0 heterocycles. The van der Waals surface area contributed by atoms with E-state index >= 15 is 0 Å². The van der Waals surface area contributed by atoms with Gasteiger partial charge in [-0.05, 0) is 48.4 Å². The second kappa shape index (κ2) is 7.66. The summed E-state index contributed by atoms with van der Waals surface area (Å²) in [6.45, 7) is 0. The van der Waals surface area contributed by atoms with Crippen molar-refractivity contribution in [2.45, 2.75) is 62.2 Å². The van der Waals surface area contributed by atoms with Crippen molar-refractivity contribution >= 4 is 17.6 Å². The van der Waals surface area contributed by atoms with Crippen molar-refractivity contribution in [3.8, 4) is 0 Å². The summed E-state index contributed by atoms with van der Waals surface area (Å²) in [5.74, 6) is -2.33. The van der Waals surface area contributed by atoms with Crippen LogP contribution in [0.5, 0.6) is 0 Å². The number of carboxylic acid groups (broad SMARTS) is 1. The molecule has 0 spiro atoms. The number of alkyl halides is 7. The van der Waals surface area contributed by atoms with E-state index in [1.54, 1.807) is 0 Å². The summed E-state index contributed by atoms with van der Waals surface area (Å²) in [6, 6.07) is 1.22. The summed E-state index contributed by atoms with van der Waals surface area (Å²) < 4.78 is 81.2. The largest absolute Gasteiger partial charge is 0.480 e. The van der Waals surface area contributed by atoms with Gasteiger partial charge in [-0.25, -0.2) is 0 Å². The molecule has 1 aromatic carbocycles. The Balaban J connectivity index is 2.65. The number of carboxylic acids is 1. The minimum Gasteiger partial charge on any atom is -0.480 e. The van der Waals surface area contributed by atoms with Crippen molar-refractivity contribution in [1.29, 1.82) is 0 Å². The van der Waals surface area contributed by atoms with Gasteiger partial charge >= 0.3 is 18.3 Å². The molecule has 0 saturated heterocycles. The Bertz CT molecular complexity index is 627. The maximum Gasteiger partial charge on any atom is 0.416 e. The molecule has 26 heavy (non-hydrogen) atoms. The molecule has 0 bridgehead atoms. The van der Waals surface area contributed by atoms with Crippen molar-refractivity contribution in [2.75, 3.05) is 0 Å². The zero-order valence-corrected chi connectivity index (χ0v) is 14.3. The first-order valence-corrected chi connectivity index (χ1v) is 8.53. The molecule has 0 radical (unpaired) electrons. The Labute approximate surface area is 151 Å². The number of aliphatic carboxylic acids is 1. The predicted octanol–water partition coefficient (Wildman–Crippen LogP) is 6.01. The molecule has 1 unspecified atom stereocenters. The van der Waals surface area contributed by atoms with Crippen molar-refractivity contribution in [3.05, 3.63) is 34.4 Å². The third-order valence-electron chi connectivity index (χ3n) is 4.55. The van der Waals surface area contributed by atoms with Crippen LogP contribution in [0.4, 0.5) is 26.3 Å². The summed E-state index contributed by atoms with van der Waals surface area (Å²) in [7, 11) is 0. The van der Waals surface area contributed by atoms with Gasteiger partial charge in [0.2, 0.25) is 0 Å². The molecule has 1 fully saturated rings. The summed E-state index contributed by atoms with van der Waals surface area (Å²) in [4.78, 5) is 10.8. The molecule has 1 aliphatic rings. The first-order valence-electron chi connectivity index (χ1n) is 8.09. The quantitative estimate of drug-likeness (QED) is 0.495. The maximum absolute atomic E-state index is 13.5. The summed E-state index contributed by atoms with van der Waals surface area (Å²) >= 11 is 5.51. The van der Waals surface area contributed by atoms with Crippen LogP contribution < -0.4 is 0 Å². The zero-order chi connectivity index (χ0) is 19.7. The van der Waals surface area contributed by atoms with Crippen LogP contribution >= 0.6 is 11.6 Å². The molecular formula is C17H17ClF6O2. The van der Waals surface area contributed by atoms with Gasteiger partial charge in [0.25, 0.3) is 0 Å². The molecule has 146 valence electrons. The lowest BCUT2D eigenvalue weighted by molar-refractivity contribution is -0.145. The monoisotopic (exact) mass is 402 g/mol. The fourth-order valence-corrected chi connectivity index (χ4v) is 3.60. The van der Waals surface area contributed by atoms with E-state index in [9.17, 15) is 31.1 Å². The highest BCUT2D eigenvalue weighted by Gasteiger charge is 2.43. The van der Waals surface area contributed by atoms with Gasteiger partial charge in [-0.15, -0.1) is 11.6 Å². The standard InChI is InChI=1S/C17H17ClF6O2/c18-13(15(25)26)8-9-6-11(16(19,20)21)14(10-4-2-1-3-5-10)12(7-9)17(22,23)24/h6-7,10,13H,1-5,8H2,(H,25,26). The topological polar surface area (TPSA) is 37.3 Å². The lowest BCUT2D eigenvalue weighted by atomic mass is 9.78. The van der Waals surface area contributed by atoms with E-state index < -0.39 is 58.3 Å². The molecule has 1 atom stereocenters. The van der Waals surface area contributed by atoms with E-state index in [4.69, 9.17) is 16.7 Å². The van der Waals surface area contributed by atoms with Crippen LogP contribution in [0.25, 0.3) is 0 Å². The van der Waals surface area contributed by atoms with Crippen LogP contribution in [-0.4, -0.2) is 16.5 Å². The fraction of sp³-hybridized carbons (Fsp3) is 0.588. The summed E-state index contributed by atoms with van der Waals surface area (Å²) in [5.41, 5.74) is -3.81. The number of benzene rings is 1. The molecule has 1 aliphatic carbocycles. The third-order valence-corrected chi connectivity index (χ3v) is 4.89. The molecule has 1 aromatic rings. The number of hydrogen-bond acceptors (Lipinski definition) is 1. The molecule has 2 rings (SSSR count). The van der Waals surface area contributed by atoms with Gasteiger partial charge in [0.1, 0.15) is 5.38 Å². The zero-order valence-electron chi connectivity index (χ0n) is 13.6. The highest BCUT2D eigenvalue weighted by molar-refractivity contribution is 6.29. The molecule has 1 N–H and O–H groups in total. The van der Waals surface area contributed by atoms with Crippen molar-refractivity contribution in [3.63, 3.8) is 0 Å². The molecule has 9 heteroatoms. The van der Waals surface area contributed by atoms with E-state index in [1.807, 2.05) is 0 Å². The van der Waals surface area contributed by atoms with E-state index in [1.165, 1.54) is 0 Å². The second-order valence-corrected chi connectivity index (χ2v) is 6.97. The minimum absolute atomic E-state index is 0.263. The van der Waals surface area contributed by atoms with Crippen molar-refractivity contribution in [1.82, 2.24) is 0 Å². The van der Waals surface area contributed by atoms with Crippen molar-refractivity contribution < 1.29 is 36.2 Å². The Hall–Kier alpha value is -1.44. The Morgan fingerprint density at radius 1 is 1.04 bits per heavy atom. The fourth-order valence-electron chi connectivity index (χ4n) is 3.43. The minimum atomic E-state index is -4.98. The SMILES string of the molecule is O=C(O)C(Cl)Cc1cc(C(F)(F)F)c(C2CCCCC2)c(C(F)(F)F)c1. The number of rotatable bonds is 4. The average molecular weight is 403 g/mol. The predicted molar refractivity (Wildman–Crippen MR) is 83.3 cm³/mol. The van der Waals surface area contributed by atoms with Crippen LogP contribution in [0.15, 0.2) is 12.1 Å². The Morgan fingerprint density at radius 3 is 1.88 bits per heavy atom. The van der Waals surface area contributed by atoms with Gasteiger partial charge in [-0.2, -0.15) is 26.3 Å². The van der Waals surface area contributed by atoms with Crippen LogP contribution in [0.3, 0.4) is 0 Å². The van der Waals surface area contributed by atoms with E-state index in [0.717, 1.165) is 6.42 Å². The van der Waals surface area contributed by atoms with Gasteiger partial charge in [-0.3, -0.25) is 4.79 Å². The molecule has 0 aliphatic heterocycles. The van der Waals surface area contributed by atoms with Gasteiger partial charge < -0.3 is 5.11 Å². The molecule has 1 saturated carbocycles. The third kappa shape index (κ3) is 4.84. The lowest BCUT2D eigenvalue weighted by Crippen LogP contribution is -2.22. The van der Waals surface area contributed by atoms with E-state index in [2.05, 4.69) is 0 Å². The van der Waals surface area contributed by atoms with Crippen LogP contribution in [0.1, 0.15) is 60.3 Å². The first-order chi connectivity index (χ1) is 11.9. The van der Waals surface area contributed by atoms with Gasteiger partial charge in [0.05, 0.1) is 11.1 Å². The van der Waals surface area contributed by atoms with Gasteiger partial charge in [-0.1, -0.05) is 19.3 Å². The second-order valence-electron chi connectivity index (χ2n) is 6.44. The average Bonchev–Trinajstić information content (AvgIpc) is 2.53. The molecule has 0 amide bonds. The molecule has 2 nitrogen and oxygen atoms in total. The smallest absolute Gasteiger partial charge is 0.416 e. The highest BCUT2D eigenvalue weighted by atomic mass is 35.5.